The Kier molecular flexibility index (Phi) is 3.25. The third-order valence-electron chi connectivity index (χ3n) is 2.00. The molecule has 1 heterocycles. The standard InChI is InChI=1S/C10H17N3/c1-4-10-9(5-8(2)6-11)7-13(3)12-10/h5,7H,4,6,11H2,1-3H3/b8-5-. The zero-order valence-corrected chi connectivity index (χ0v) is 8.54. The van der Waals surface area contributed by atoms with Crippen molar-refractivity contribution in [3.05, 3.63) is 23.0 Å². The van der Waals surface area contributed by atoms with E-state index in [1.807, 2.05) is 24.9 Å². The molecular weight excluding hydrogens is 162 g/mol. The molecule has 0 amide bonds. The summed E-state index contributed by atoms with van der Waals surface area (Å²) in [6.45, 7) is 4.75. The second-order valence-electron chi connectivity index (χ2n) is 3.25. The molecule has 72 valence electrons. The molecule has 1 aromatic heterocycles. The molecule has 0 spiro atoms. The van der Waals surface area contributed by atoms with E-state index in [1.165, 1.54) is 11.1 Å². The van der Waals surface area contributed by atoms with Crippen LogP contribution in [0.2, 0.25) is 0 Å². The van der Waals surface area contributed by atoms with Crippen LogP contribution < -0.4 is 5.73 Å². The molecule has 3 nitrogen and oxygen atoms in total. The Morgan fingerprint density at radius 1 is 1.69 bits per heavy atom. The molecule has 0 unspecified atom stereocenters. The second kappa shape index (κ2) is 4.23. The highest BCUT2D eigenvalue weighted by molar-refractivity contribution is 5.54. The minimum absolute atomic E-state index is 0.609. The van der Waals surface area contributed by atoms with Crippen molar-refractivity contribution in [2.75, 3.05) is 6.54 Å². The van der Waals surface area contributed by atoms with Crippen molar-refractivity contribution in [2.45, 2.75) is 20.3 Å². The predicted molar refractivity (Wildman–Crippen MR) is 55.3 cm³/mol. The number of aryl methyl sites for hydroxylation is 2. The van der Waals surface area contributed by atoms with Gasteiger partial charge < -0.3 is 5.73 Å². The molecule has 0 aliphatic carbocycles. The van der Waals surface area contributed by atoms with E-state index in [0.717, 1.165) is 12.1 Å². The summed E-state index contributed by atoms with van der Waals surface area (Å²) in [6, 6.07) is 0. The highest BCUT2D eigenvalue weighted by atomic mass is 15.2. The molecule has 0 bridgehead atoms. The monoisotopic (exact) mass is 179 g/mol. The summed E-state index contributed by atoms with van der Waals surface area (Å²) >= 11 is 0. The normalized spacial score (nSPS) is 12.2. The lowest BCUT2D eigenvalue weighted by atomic mass is 10.1. The van der Waals surface area contributed by atoms with Gasteiger partial charge in [0.2, 0.25) is 0 Å². The Balaban J connectivity index is 2.99. The first kappa shape index (κ1) is 9.99. The number of hydrogen-bond donors (Lipinski definition) is 1. The molecule has 0 aliphatic heterocycles. The summed E-state index contributed by atoms with van der Waals surface area (Å²) in [5.74, 6) is 0. The summed E-state index contributed by atoms with van der Waals surface area (Å²) in [4.78, 5) is 0. The zero-order chi connectivity index (χ0) is 9.84. The molecule has 0 aromatic carbocycles. The average molecular weight is 179 g/mol. The van der Waals surface area contributed by atoms with E-state index >= 15 is 0 Å². The maximum absolute atomic E-state index is 5.52. The molecule has 1 rings (SSSR count). The quantitative estimate of drug-likeness (QED) is 0.761. The third kappa shape index (κ3) is 2.42. The predicted octanol–water partition coefficient (Wildman–Crippen LogP) is 1.34. The van der Waals surface area contributed by atoms with Gasteiger partial charge in [-0.15, -0.1) is 0 Å². The SMILES string of the molecule is CCc1nn(C)cc1/C=C(/C)CN. The smallest absolute Gasteiger partial charge is 0.0694 e. The van der Waals surface area contributed by atoms with Gasteiger partial charge >= 0.3 is 0 Å². The number of hydrogen-bond acceptors (Lipinski definition) is 2. The van der Waals surface area contributed by atoms with Crippen LogP contribution in [0.3, 0.4) is 0 Å². The molecule has 0 radical (unpaired) electrons. The van der Waals surface area contributed by atoms with E-state index in [1.54, 1.807) is 0 Å². The first-order valence-corrected chi connectivity index (χ1v) is 4.57. The molecule has 13 heavy (non-hydrogen) atoms. The number of aromatic nitrogens is 2. The maximum Gasteiger partial charge on any atom is 0.0694 e. The Morgan fingerprint density at radius 3 is 2.92 bits per heavy atom. The van der Waals surface area contributed by atoms with Crippen molar-refractivity contribution < 1.29 is 0 Å². The number of nitrogens with zero attached hydrogens (tertiary/aromatic N) is 2. The van der Waals surface area contributed by atoms with Crippen molar-refractivity contribution in [1.29, 1.82) is 0 Å². The molecule has 0 atom stereocenters. The van der Waals surface area contributed by atoms with Crippen LogP contribution >= 0.6 is 0 Å². The molecule has 0 fully saturated rings. The number of rotatable bonds is 3. The van der Waals surface area contributed by atoms with Gasteiger partial charge in [0.1, 0.15) is 0 Å². The van der Waals surface area contributed by atoms with Gasteiger partial charge in [-0.2, -0.15) is 5.10 Å². The van der Waals surface area contributed by atoms with E-state index in [0.29, 0.717) is 6.54 Å². The van der Waals surface area contributed by atoms with Gasteiger partial charge in [-0.3, -0.25) is 4.68 Å². The molecular formula is C10H17N3. The Bertz CT molecular complexity index is 310. The van der Waals surface area contributed by atoms with E-state index in [2.05, 4.69) is 18.1 Å². The first-order chi connectivity index (χ1) is 6.17. The second-order valence-corrected chi connectivity index (χ2v) is 3.25. The largest absolute Gasteiger partial charge is 0.327 e. The molecule has 2 N–H and O–H groups in total. The summed E-state index contributed by atoms with van der Waals surface area (Å²) in [7, 11) is 1.94. The van der Waals surface area contributed by atoms with E-state index < -0.39 is 0 Å². The van der Waals surface area contributed by atoms with Gasteiger partial charge in [0, 0.05) is 25.4 Å². The van der Waals surface area contributed by atoms with Crippen LogP contribution in [0, 0.1) is 0 Å². The molecule has 0 saturated heterocycles. The van der Waals surface area contributed by atoms with Gasteiger partial charge in [-0.1, -0.05) is 18.6 Å². The van der Waals surface area contributed by atoms with Crippen molar-refractivity contribution in [2.24, 2.45) is 12.8 Å². The van der Waals surface area contributed by atoms with Crippen molar-refractivity contribution >= 4 is 6.08 Å². The van der Waals surface area contributed by atoms with Gasteiger partial charge in [0.05, 0.1) is 5.69 Å². The lowest BCUT2D eigenvalue weighted by Crippen LogP contribution is -1.99. The van der Waals surface area contributed by atoms with Crippen LogP contribution in [0.5, 0.6) is 0 Å². The van der Waals surface area contributed by atoms with Crippen molar-refractivity contribution in [1.82, 2.24) is 9.78 Å². The molecule has 1 aromatic rings. The van der Waals surface area contributed by atoms with Crippen LogP contribution in [0.1, 0.15) is 25.1 Å². The van der Waals surface area contributed by atoms with Crippen LogP contribution in [0.4, 0.5) is 0 Å². The third-order valence-corrected chi connectivity index (χ3v) is 2.00. The van der Waals surface area contributed by atoms with E-state index in [-0.39, 0.29) is 0 Å². The van der Waals surface area contributed by atoms with Crippen LogP contribution in [0.25, 0.3) is 6.08 Å². The van der Waals surface area contributed by atoms with Gasteiger partial charge in [-0.05, 0) is 13.3 Å². The summed E-state index contributed by atoms with van der Waals surface area (Å²) in [5, 5.41) is 4.35. The summed E-state index contributed by atoms with van der Waals surface area (Å²) in [6.07, 6.45) is 5.09. The number of nitrogens with two attached hydrogens (primary N) is 1. The fourth-order valence-electron chi connectivity index (χ4n) is 1.27. The fraction of sp³-hybridized carbons (Fsp3) is 0.500. The highest BCUT2D eigenvalue weighted by Gasteiger charge is 2.02. The Labute approximate surface area is 79.2 Å². The van der Waals surface area contributed by atoms with Gasteiger partial charge in [0.25, 0.3) is 0 Å². The molecule has 0 aliphatic rings. The fourth-order valence-corrected chi connectivity index (χ4v) is 1.27. The Morgan fingerprint density at radius 2 is 2.38 bits per heavy atom. The summed E-state index contributed by atoms with van der Waals surface area (Å²) < 4.78 is 1.84. The minimum atomic E-state index is 0.609. The molecule has 0 saturated carbocycles. The van der Waals surface area contributed by atoms with E-state index in [4.69, 9.17) is 5.73 Å². The minimum Gasteiger partial charge on any atom is -0.327 e. The Hall–Kier alpha value is -1.09. The zero-order valence-electron chi connectivity index (χ0n) is 8.54. The lowest BCUT2D eigenvalue weighted by molar-refractivity contribution is 0.746. The lowest BCUT2D eigenvalue weighted by Gasteiger charge is -1.95. The topological polar surface area (TPSA) is 43.8 Å². The highest BCUT2D eigenvalue weighted by Crippen LogP contribution is 2.11. The average Bonchev–Trinajstić information content (AvgIpc) is 2.46. The first-order valence-electron chi connectivity index (χ1n) is 4.57. The van der Waals surface area contributed by atoms with Crippen LogP contribution in [-0.2, 0) is 13.5 Å². The van der Waals surface area contributed by atoms with Crippen molar-refractivity contribution in [3.63, 3.8) is 0 Å². The molecule has 3 heteroatoms. The van der Waals surface area contributed by atoms with Gasteiger partial charge in [-0.25, -0.2) is 0 Å². The van der Waals surface area contributed by atoms with Crippen LogP contribution in [0.15, 0.2) is 11.8 Å². The van der Waals surface area contributed by atoms with Crippen molar-refractivity contribution in [3.8, 4) is 0 Å². The van der Waals surface area contributed by atoms with Crippen LogP contribution in [-0.4, -0.2) is 16.3 Å². The van der Waals surface area contributed by atoms with Gasteiger partial charge in [0.15, 0.2) is 0 Å². The maximum atomic E-state index is 5.52. The summed E-state index contributed by atoms with van der Waals surface area (Å²) in [5.41, 5.74) is 9.03. The van der Waals surface area contributed by atoms with E-state index in [9.17, 15) is 0 Å².